The number of anilines is 4. The summed E-state index contributed by atoms with van der Waals surface area (Å²) in [5.41, 5.74) is 1.21. The fraction of sp³-hybridized carbons (Fsp3) is 0.158. The molecule has 0 atom stereocenters. The van der Waals surface area contributed by atoms with Gasteiger partial charge in [-0.15, -0.1) is 0 Å². The normalized spacial score (nSPS) is 11.3. The smallest absolute Gasteiger partial charge is 0.340 e. The molecule has 4 nitrogen and oxygen atoms in total. The minimum absolute atomic E-state index is 0.311. The minimum Gasteiger partial charge on any atom is -0.340 e. The number of hydrogen-bond acceptors (Lipinski definition) is 4. The number of alkyl halides is 3. The number of nitrogens with zero attached hydrogens (tertiary/aromatic N) is 3. The summed E-state index contributed by atoms with van der Waals surface area (Å²) in [5.74, 6) is 0.875. The van der Waals surface area contributed by atoms with E-state index in [9.17, 15) is 13.2 Å². The predicted octanol–water partition coefficient (Wildman–Crippen LogP) is 5.32. The van der Waals surface area contributed by atoms with Crippen molar-refractivity contribution in [2.75, 3.05) is 17.3 Å². The van der Waals surface area contributed by atoms with Crippen LogP contribution in [0.2, 0.25) is 0 Å². The quantitative estimate of drug-likeness (QED) is 0.686. The summed E-state index contributed by atoms with van der Waals surface area (Å²) in [5, 5.41) is 2.93. The van der Waals surface area contributed by atoms with Gasteiger partial charge in [-0.25, -0.2) is 4.98 Å². The van der Waals surface area contributed by atoms with Crippen molar-refractivity contribution in [3.8, 4) is 0 Å². The molecular weight excluding hydrogens is 341 g/mol. The first-order chi connectivity index (χ1) is 12.3. The highest BCUT2D eigenvalue weighted by Gasteiger charge is 2.30. The standard InChI is InChI=1S/C19H17F3N4/c1-13-11-17(24-15-8-6-7-14(12-15)19(20,21)22)25-18(23-13)26(2)16-9-4-3-5-10-16/h3-12H,1-2H3,(H,23,24,25). The second-order valence-electron chi connectivity index (χ2n) is 5.79. The summed E-state index contributed by atoms with van der Waals surface area (Å²) in [6.45, 7) is 1.81. The highest BCUT2D eigenvalue weighted by atomic mass is 19.4. The molecule has 1 aromatic heterocycles. The Morgan fingerprint density at radius 3 is 2.35 bits per heavy atom. The van der Waals surface area contributed by atoms with Gasteiger partial charge in [-0.3, -0.25) is 0 Å². The van der Waals surface area contributed by atoms with Gasteiger partial charge in [0.2, 0.25) is 5.95 Å². The van der Waals surface area contributed by atoms with E-state index in [2.05, 4.69) is 15.3 Å². The molecule has 2 aromatic carbocycles. The summed E-state index contributed by atoms with van der Waals surface area (Å²) in [7, 11) is 1.83. The predicted molar refractivity (Wildman–Crippen MR) is 96.0 cm³/mol. The largest absolute Gasteiger partial charge is 0.416 e. The van der Waals surface area contributed by atoms with Crippen molar-refractivity contribution in [1.82, 2.24) is 9.97 Å². The van der Waals surface area contributed by atoms with Crippen LogP contribution in [0.4, 0.5) is 36.3 Å². The van der Waals surface area contributed by atoms with Crippen LogP contribution in [0.3, 0.4) is 0 Å². The first-order valence-corrected chi connectivity index (χ1v) is 7.92. The highest BCUT2D eigenvalue weighted by Crippen LogP contribution is 2.31. The van der Waals surface area contributed by atoms with Crippen molar-refractivity contribution in [2.24, 2.45) is 0 Å². The number of hydrogen-bond donors (Lipinski definition) is 1. The van der Waals surface area contributed by atoms with Crippen LogP contribution in [0, 0.1) is 6.92 Å². The third-order valence-corrected chi connectivity index (χ3v) is 3.75. The van der Waals surface area contributed by atoms with Crippen LogP contribution in [0.5, 0.6) is 0 Å². The average Bonchev–Trinajstić information content (AvgIpc) is 2.61. The maximum absolute atomic E-state index is 12.9. The Hall–Kier alpha value is -3.09. The number of halogens is 3. The van der Waals surface area contributed by atoms with E-state index in [1.807, 2.05) is 42.3 Å². The Kier molecular flexibility index (Phi) is 4.79. The first-order valence-electron chi connectivity index (χ1n) is 7.92. The zero-order chi connectivity index (χ0) is 18.7. The van der Waals surface area contributed by atoms with E-state index in [0.29, 0.717) is 23.1 Å². The molecule has 1 N–H and O–H groups in total. The van der Waals surface area contributed by atoms with Gasteiger partial charge in [-0.2, -0.15) is 18.2 Å². The zero-order valence-electron chi connectivity index (χ0n) is 14.2. The maximum Gasteiger partial charge on any atom is 0.416 e. The van der Waals surface area contributed by atoms with Gasteiger partial charge in [0.1, 0.15) is 5.82 Å². The molecule has 0 bridgehead atoms. The lowest BCUT2D eigenvalue weighted by molar-refractivity contribution is -0.137. The van der Waals surface area contributed by atoms with E-state index in [0.717, 1.165) is 17.8 Å². The van der Waals surface area contributed by atoms with Crippen LogP contribution >= 0.6 is 0 Å². The molecule has 3 aromatic rings. The minimum atomic E-state index is -4.39. The van der Waals surface area contributed by atoms with Crippen LogP contribution in [-0.4, -0.2) is 17.0 Å². The van der Waals surface area contributed by atoms with Crippen molar-refractivity contribution >= 4 is 23.1 Å². The van der Waals surface area contributed by atoms with Crippen LogP contribution in [-0.2, 0) is 6.18 Å². The topological polar surface area (TPSA) is 41.1 Å². The number of aryl methyl sites for hydroxylation is 1. The van der Waals surface area contributed by atoms with Gasteiger partial charge in [0, 0.05) is 30.2 Å². The lowest BCUT2D eigenvalue weighted by atomic mass is 10.2. The zero-order valence-corrected chi connectivity index (χ0v) is 14.2. The van der Waals surface area contributed by atoms with Crippen molar-refractivity contribution in [3.05, 3.63) is 71.9 Å². The van der Waals surface area contributed by atoms with Crippen LogP contribution in [0.25, 0.3) is 0 Å². The Morgan fingerprint density at radius 1 is 0.923 bits per heavy atom. The summed E-state index contributed by atoms with van der Waals surface area (Å²) < 4.78 is 38.6. The van der Waals surface area contributed by atoms with Gasteiger partial charge in [-0.1, -0.05) is 24.3 Å². The molecule has 1 heterocycles. The number of para-hydroxylation sites is 1. The first kappa shape index (κ1) is 17.7. The fourth-order valence-corrected chi connectivity index (χ4v) is 2.46. The summed E-state index contributed by atoms with van der Waals surface area (Å²) in [6.07, 6.45) is -4.39. The van der Waals surface area contributed by atoms with Crippen LogP contribution in [0.15, 0.2) is 60.7 Å². The summed E-state index contributed by atoms with van der Waals surface area (Å²) >= 11 is 0. The monoisotopic (exact) mass is 358 g/mol. The SMILES string of the molecule is Cc1cc(Nc2cccc(C(F)(F)F)c2)nc(N(C)c2ccccc2)n1. The van der Waals surface area contributed by atoms with E-state index in [4.69, 9.17) is 0 Å². The lowest BCUT2D eigenvalue weighted by Crippen LogP contribution is -2.14. The fourth-order valence-electron chi connectivity index (χ4n) is 2.46. The van der Waals surface area contributed by atoms with E-state index < -0.39 is 11.7 Å². The molecule has 0 fully saturated rings. The van der Waals surface area contributed by atoms with E-state index >= 15 is 0 Å². The molecule has 0 radical (unpaired) electrons. The molecule has 0 aliphatic carbocycles. The third kappa shape index (κ3) is 4.11. The summed E-state index contributed by atoms with van der Waals surface area (Å²) in [4.78, 5) is 10.6. The molecule has 7 heteroatoms. The van der Waals surface area contributed by atoms with Crippen LogP contribution in [0.1, 0.15) is 11.3 Å². The van der Waals surface area contributed by atoms with Gasteiger partial charge in [-0.05, 0) is 37.3 Å². The molecule has 0 aliphatic rings. The second-order valence-corrected chi connectivity index (χ2v) is 5.79. The third-order valence-electron chi connectivity index (χ3n) is 3.75. The Morgan fingerprint density at radius 2 is 1.65 bits per heavy atom. The molecule has 0 aliphatic heterocycles. The molecule has 26 heavy (non-hydrogen) atoms. The van der Waals surface area contributed by atoms with Gasteiger partial charge in [0.05, 0.1) is 5.56 Å². The average molecular weight is 358 g/mol. The molecule has 0 amide bonds. The van der Waals surface area contributed by atoms with Crippen LogP contribution < -0.4 is 10.2 Å². The molecule has 0 saturated carbocycles. The summed E-state index contributed by atoms with van der Waals surface area (Å²) in [6, 6.07) is 16.3. The van der Waals surface area contributed by atoms with Crippen molar-refractivity contribution in [1.29, 1.82) is 0 Å². The van der Waals surface area contributed by atoms with E-state index in [1.165, 1.54) is 6.07 Å². The van der Waals surface area contributed by atoms with Crippen molar-refractivity contribution in [2.45, 2.75) is 13.1 Å². The molecule has 0 saturated heterocycles. The van der Waals surface area contributed by atoms with Gasteiger partial charge in [0.15, 0.2) is 0 Å². The van der Waals surface area contributed by atoms with Gasteiger partial charge < -0.3 is 10.2 Å². The van der Waals surface area contributed by atoms with Gasteiger partial charge >= 0.3 is 6.18 Å². The molecule has 3 rings (SSSR count). The van der Waals surface area contributed by atoms with Crippen molar-refractivity contribution in [3.63, 3.8) is 0 Å². The second kappa shape index (κ2) is 7.03. The highest BCUT2D eigenvalue weighted by molar-refractivity contribution is 5.62. The van der Waals surface area contributed by atoms with Gasteiger partial charge in [0.25, 0.3) is 0 Å². The molecule has 0 spiro atoms. The number of aromatic nitrogens is 2. The Labute approximate surface area is 149 Å². The Balaban J connectivity index is 1.89. The van der Waals surface area contributed by atoms with E-state index in [1.54, 1.807) is 19.1 Å². The number of rotatable bonds is 4. The molecular formula is C19H17F3N4. The van der Waals surface area contributed by atoms with E-state index in [-0.39, 0.29) is 0 Å². The van der Waals surface area contributed by atoms with Crippen molar-refractivity contribution < 1.29 is 13.2 Å². The maximum atomic E-state index is 12.9. The molecule has 134 valence electrons. The molecule has 0 unspecified atom stereocenters. The number of benzene rings is 2. The Bertz CT molecular complexity index is 895. The number of nitrogens with one attached hydrogen (secondary N) is 1. The lowest BCUT2D eigenvalue weighted by Gasteiger charge is -2.18.